The summed E-state index contributed by atoms with van der Waals surface area (Å²) in [6, 6.07) is 61.1. The summed E-state index contributed by atoms with van der Waals surface area (Å²) in [4.78, 5) is 0. The molecule has 0 spiro atoms. The van der Waals surface area contributed by atoms with Gasteiger partial charge in [-0.3, -0.25) is 0 Å². The lowest BCUT2D eigenvalue weighted by atomic mass is 9.81. The molecule has 0 fully saturated rings. The number of nitrogens with zero attached hydrogens (tertiary/aromatic N) is 1. The molecule has 50 heavy (non-hydrogen) atoms. The van der Waals surface area contributed by atoms with Crippen LogP contribution in [-0.2, 0) is 5.41 Å². The second kappa shape index (κ2) is 9.94. The molecule has 0 N–H and O–H groups in total. The summed E-state index contributed by atoms with van der Waals surface area (Å²) in [7, 11) is 0. The SMILES string of the molecule is CC1(C)c2ccc(-c3ccc4ccc5c(-c6ccccc6)ccc6ccc3c4c65)cc2-c2cc3c4ccccc4n(-c4ccccc4)c3cc21. The van der Waals surface area contributed by atoms with Gasteiger partial charge >= 0.3 is 0 Å². The molecule has 0 amide bonds. The van der Waals surface area contributed by atoms with E-state index in [0.717, 1.165) is 0 Å². The van der Waals surface area contributed by atoms with E-state index in [2.05, 4.69) is 182 Å². The van der Waals surface area contributed by atoms with E-state index in [1.54, 1.807) is 0 Å². The Balaban J connectivity index is 1.14. The molecule has 10 aromatic rings. The maximum absolute atomic E-state index is 2.47. The molecule has 0 bridgehead atoms. The summed E-state index contributed by atoms with van der Waals surface area (Å²) >= 11 is 0. The van der Waals surface area contributed by atoms with Gasteiger partial charge in [-0.2, -0.15) is 0 Å². The largest absolute Gasteiger partial charge is 0.309 e. The summed E-state index contributed by atoms with van der Waals surface area (Å²) < 4.78 is 2.43. The van der Waals surface area contributed by atoms with E-state index >= 15 is 0 Å². The number of benzene rings is 9. The van der Waals surface area contributed by atoms with Crippen molar-refractivity contribution >= 4 is 54.1 Å². The number of rotatable bonds is 3. The molecule has 0 saturated carbocycles. The maximum Gasteiger partial charge on any atom is 0.0544 e. The lowest BCUT2D eigenvalue weighted by Crippen LogP contribution is -2.15. The van der Waals surface area contributed by atoms with Crippen LogP contribution in [0.2, 0.25) is 0 Å². The number of aromatic nitrogens is 1. The Morgan fingerprint density at radius 1 is 0.380 bits per heavy atom. The van der Waals surface area contributed by atoms with Gasteiger partial charge in [-0.15, -0.1) is 0 Å². The van der Waals surface area contributed by atoms with E-state index in [4.69, 9.17) is 0 Å². The van der Waals surface area contributed by atoms with Crippen molar-refractivity contribution in [2.75, 3.05) is 0 Å². The molecule has 1 heterocycles. The van der Waals surface area contributed by atoms with Crippen molar-refractivity contribution < 1.29 is 0 Å². The predicted molar refractivity (Wildman–Crippen MR) is 213 cm³/mol. The minimum Gasteiger partial charge on any atom is -0.309 e. The summed E-state index contributed by atoms with van der Waals surface area (Å²) in [5.41, 5.74) is 14.1. The van der Waals surface area contributed by atoms with E-state index in [1.807, 2.05) is 0 Å². The van der Waals surface area contributed by atoms with Gasteiger partial charge in [-0.05, 0) is 113 Å². The molecule has 11 rings (SSSR count). The Morgan fingerprint density at radius 2 is 0.980 bits per heavy atom. The van der Waals surface area contributed by atoms with Crippen molar-refractivity contribution in [3.8, 4) is 39.1 Å². The lowest BCUT2D eigenvalue weighted by Gasteiger charge is -2.22. The van der Waals surface area contributed by atoms with Crippen molar-refractivity contribution in [1.82, 2.24) is 4.57 Å². The summed E-state index contributed by atoms with van der Waals surface area (Å²) in [6.07, 6.45) is 0. The highest BCUT2D eigenvalue weighted by Gasteiger charge is 2.36. The second-order valence-corrected chi connectivity index (χ2v) is 14.5. The first-order valence-corrected chi connectivity index (χ1v) is 17.6. The molecule has 0 aliphatic heterocycles. The van der Waals surface area contributed by atoms with Crippen molar-refractivity contribution in [3.63, 3.8) is 0 Å². The van der Waals surface area contributed by atoms with Gasteiger partial charge in [0.1, 0.15) is 0 Å². The van der Waals surface area contributed by atoms with E-state index < -0.39 is 0 Å². The van der Waals surface area contributed by atoms with E-state index in [-0.39, 0.29) is 5.41 Å². The number of hydrogen-bond donors (Lipinski definition) is 0. The minimum absolute atomic E-state index is 0.119. The van der Waals surface area contributed by atoms with Crippen molar-refractivity contribution in [2.45, 2.75) is 19.3 Å². The van der Waals surface area contributed by atoms with Crippen LogP contribution in [0.1, 0.15) is 25.0 Å². The number of fused-ring (bicyclic) bond motifs is 6. The monoisotopic (exact) mass is 635 g/mol. The number of para-hydroxylation sites is 2. The zero-order valence-electron chi connectivity index (χ0n) is 28.0. The highest BCUT2D eigenvalue weighted by atomic mass is 15.0. The van der Waals surface area contributed by atoms with Crippen LogP contribution >= 0.6 is 0 Å². The highest BCUT2D eigenvalue weighted by molar-refractivity contribution is 6.27. The average Bonchev–Trinajstić information content (AvgIpc) is 3.61. The molecule has 1 nitrogen and oxygen atoms in total. The summed E-state index contributed by atoms with van der Waals surface area (Å²) in [6.45, 7) is 4.78. The Labute approximate surface area is 291 Å². The Morgan fingerprint density at radius 3 is 1.70 bits per heavy atom. The third-order valence-electron chi connectivity index (χ3n) is 11.5. The third kappa shape index (κ3) is 3.67. The van der Waals surface area contributed by atoms with Gasteiger partial charge in [0, 0.05) is 21.9 Å². The fourth-order valence-corrected chi connectivity index (χ4v) is 9.16. The van der Waals surface area contributed by atoms with Gasteiger partial charge in [0.2, 0.25) is 0 Å². The molecule has 0 radical (unpaired) electrons. The second-order valence-electron chi connectivity index (χ2n) is 14.5. The summed E-state index contributed by atoms with van der Waals surface area (Å²) in [5, 5.41) is 10.5. The topological polar surface area (TPSA) is 4.93 Å². The van der Waals surface area contributed by atoms with Crippen molar-refractivity contribution in [3.05, 3.63) is 175 Å². The van der Waals surface area contributed by atoms with Crippen LogP contribution in [0.25, 0.3) is 93.2 Å². The first kappa shape index (κ1) is 27.7. The molecule has 1 aliphatic rings. The smallest absolute Gasteiger partial charge is 0.0544 e. The molecule has 0 unspecified atom stereocenters. The van der Waals surface area contributed by atoms with Crippen molar-refractivity contribution in [1.29, 1.82) is 0 Å². The fraction of sp³-hybridized carbons (Fsp3) is 0.0612. The normalized spacial score (nSPS) is 13.6. The molecule has 1 heteroatoms. The van der Waals surface area contributed by atoms with Gasteiger partial charge in [0.05, 0.1) is 11.0 Å². The molecule has 234 valence electrons. The van der Waals surface area contributed by atoms with E-state index in [9.17, 15) is 0 Å². The van der Waals surface area contributed by atoms with E-state index in [1.165, 1.54) is 104 Å². The quantitative estimate of drug-likeness (QED) is 0.170. The summed E-state index contributed by atoms with van der Waals surface area (Å²) in [5.74, 6) is 0. The highest BCUT2D eigenvalue weighted by Crippen LogP contribution is 2.52. The van der Waals surface area contributed by atoms with Gasteiger partial charge in [-0.1, -0.05) is 141 Å². The van der Waals surface area contributed by atoms with Crippen LogP contribution in [0.4, 0.5) is 0 Å². The first-order valence-electron chi connectivity index (χ1n) is 17.6. The van der Waals surface area contributed by atoms with Gasteiger partial charge in [0.15, 0.2) is 0 Å². The Bertz CT molecular complexity index is 2980. The van der Waals surface area contributed by atoms with Gasteiger partial charge in [-0.25, -0.2) is 0 Å². The average molecular weight is 636 g/mol. The zero-order valence-corrected chi connectivity index (χ0v) is 28.0. The lowest BCUT2D eigenvalue weighted by molar-refractivity contribution is 0.661. The molecule has 1 aliphatic carbocycles. The standard InChI is InChI=1S/C49H33N/c1-49(2)43-26-21-33(27-40(43)41-28-42-37-15-9-10-16-45(37)50(46(42)29-44(41)49)34-13-7-4-8-14-34)36-23-18-32-19-24-38-35(30-11-5-3-6-12-30)22-17-31-20-25-39(36)48(32)47(31)38/h3-29H,1-2H3. The van der Waals surface area contributed by atoms with Crippen LogP contribution in [-0.4, -0.2) is 4.57 Å². The third-order valence-corrected chi connectivity index (χ3v) is 11.5. The molecule has 0 saturated heterocycles. The molecule has 1 aromatic heterocycles. The fourth-order valence-electron chi connectivity index (χ4n) is 9.16. The van der Waals surface area contributed by atoms with Crippen LogP contribution < -0.4 is 0 Å². The van der Waals surface area contributed by atoms with Crippen LogP contribution in [0.15, 0.2) is 164 Å². The number of hydrogen-bond acceptors (Lipinski definition) is 0. The molecule has 0 atom stereocenters. The Hall–Kier alpha value is -6.18. The van der Waals surface area contributed by atoms with Crippen LogP contribution in [0, 0.1) is 0 Å². The predicted octanol–water partition coefficient (Wildman–Crippen LogP) is 13.3. The Kier molecular flexibility index (Phi) is 5.51. The van der Waals surface area contributed by atoms with Gasteiger partial charge < -0.3 is 4.57 Å². The van der Waals surface area contributed by atoms with Crippen molar-refractivity contribution in [2.24, 2.45) is 0 Å². The first-order chi connectivity index (χ1) is 24.6. The minimum atomic E-state index is -0.119. The van der Waals surface area contributed by atoms with Crippen LogP contribution in [0.5, 0.6) is 0 Å². The maximum atomic E-state index is 2.47. The zero-order chi connectivity index (χ0) is 33.1. The van der Waals surface area contributed by atoms with Crippen LogP contribution in [0.3, 0.4) is 0 Å². The van der Waals surface area contributed by atoms with Gasteiger partial charge in [0.25, 0.3) is 0 Å². The molecule has 9 aromatic carbocycles. The molecular weight excluding hydrogens is 603 g/mol. The molecular formula is C49H33N. The van der Waals surface area contributed by atoms with E-state index in [0.29, 0.717) is 0 Å².